The first kappa shape index (κ1) is 55.3. The van der Waals surface area contributed by atoms with E-state index in [1.807, 2.05) is 53.7 Å². The minimum Gasteiger partial charge on any atom is -0.493 e. The van der Waals surface area contributed by atoms with Gasteiger partial charge in [0.05, 0.1) is 51.1 Å². The summed E-state index contributed by atoms with van der Waals surface area (Å²) in [4.78, 5) is 18.0. The van der Waals surface area contributed by atoms with Crippen molar-refractivity contribution in [2.75, 3.05) is 36.4 Å². The number of nitriles is 2. The van der Waals surface area contributed by atoms with Gasteiger partial charge in [0.1, 0.15) is 35.3 Å². The number of hydrogen-bond donors (Lipinski definition) is 2. The van der Waals surface area contributed by atoms with Gasteiger partial charge in [-0.25, -0.2) is 45.6 Å². The largest absolute Gasteiger partial charge is 0.495 e. The van der Waals surface area contributed by atoms with Crippen LogP contribution in [0.2, 0.25) is 0 Å². The summed E-state index contributed by atoms with van der Waals surface area (Å²) in [5.74, 6) is 1.70. The molecule has 0 saturated carbocycles. The zero-order valence-electron chi connectivity index (χ0n) is 43.7. The zero-order chi connectivity index (χ0) is 56.1. The van der Waals surface area contributed by atoms with Crippen LogP contribution in [0.15, 0.2) is 99.7 Å². The van der Waals surface area contributed by atoms with Crippen LogP contribution in [0.3, 0.4) is 0 Å². The summed E-state index contributed by atoms with van der Waals surface area (Å²) in [6.45, 7) is 13.2. The second-order valence-corrected chi connectivity index (χ2v) is 24.7. The van der Waals surface area contributed by atoms with E-state index in [1.165, 1.54) is 24.5 Å². The highest BCUT2D eigenvalue weighted by molar-refractivity contribution is 9.10. The number of fused-ring (bicyclic) bond motifs is 4. The number of ether oxygens (including phenoxy) is 2. The molecule has 11 rings (SSSR count). The number of benzene rings is 4. The molecule has 8 aromatic rings. The Morgan fingerprint density at radius 2 is 1.15 bits per heavy atom. The van der Waals surface area contributed by atoms with Gasteiger partial charge >= 0.3 is 7.12 Å². The number of rotatable bonds is 10. The van der Waals surface area contributed by atoms with Crippen LogP contribution in [-0.4, -0.2) is 89.6 Å². The summed E-state index contributed by atoms with van der Waals surface area (Å²) in [7, 11) is -7.00. The van der Waals surface area contributed by atoms with Crippen LogP contribution in [-0.2, 0) is 54.9 Å². The summed E-state index contributed by atoms with van der Waals surface area (Å²) >= 11 is 3.36. The normalized spacial score (nSPS) is 15.0. The second kappa shape index (κ2) is 21.4. The molecule has 0 aliphatic carbocycles. The Bertz CT molecular complexity index is 4010. The first-order chi connectivity index (χ1) is 36.9. The van der Waals surface area contributed by atoms with E-state index in [1.54, 1.807) is 76.1 Å². The molecule has 1 fully saturated rings. The molecule has 7 heterocycles. The Morgan fingerprint density at radius 1 is 0.679 bits per heavy atom. The van der Waals surface area contributed by atoms with Crippen LogP contribution in [0.5, 0.6) is 11.5 Å². The molecule has 4 aromatic heterocycles. The minimum atomic E-state index is -3.34. The SMILES string of the molecule is Cc1cc(S(C)(=O)=O)ccc1-c1cnc(NCc2c(F)ccc3c2CCO3)n2cc(C#N)nc12.Cc1cc(S(C)(=O)=O)ccc1B1OC(C)(C)C(C)(C)O1.N#Cc1cn2c(NCc3c(F)ccc4c3CCO4)ncc(Br)c2n1. The molecule has 24 heteroatoms. The van der Waals surface area contributed by atoms with Crippen LogP contribution in [0.4, 0.5) is 20.7 Å². The highest BCUT2D eigenvalue weighted by atomic mass is 79.9. The van der Waals surface area contributed by atoms with Crippen LogP contribution < -0.4 is 25.6 Å². The van der Waals surface area contributed by atoms with Crippen molar-refractivity contribution in [3.63, 3.8) is 0 Å². The lowest BCUT2D eigenvalue weighted by atomic mass is 9.76. The summed E-state index contributed by atoms with van der Waals surface area (Å²) in [5.41, 5.74) is 7.39. The van der Waals surface area contributed by atoms with Crippen molar-refractivity contribution >= 4 is 71.4 Å². The summed E-state index contributed by atoms with van der Waals surface area (Å²) in [5, 5.41) is 24.7. The number of aryl methyl sites for hydroxylation is 2. The van der Waals surface area contributed by atoms with Crippen molar-refractivity contribution in [2.45, 2.75) is 88.5 Å². The van der Waals surface area contributed by atoms with Gasteiger partial charge in [0.25, 0.3) is 0 Å². The van der Waals surface area contributed by atoms with Crippen molar-refractivity contribution in [3.05, 3.63) is 146 Å². The Balaban J connectivity index is 0.000000148. The Hall–Kier alpha value is -7.48. The molecular formula is C54H52BBrF2N10O8S2. The lowest BCUT2D eigenvalue weighted by Crippen LogP contribution is -2.41. The van der Waals surface area contributed by atoms with Crippen molar-refractivity contribution < 1.29 is 44.4 Å². The predicted molar refractivity (Wildman–Crippen MR) is 292 cm³/mol. The monoisotopic (exact) mass is 1160 g/mol. The molecule has 0 amide bonds. The summed E-state index contributed by atoms with van der Waals surface area (Å²) in [6, 6.07) is 20.0. The third kappa shape index (κ3) is 11.1. The fourth-order valence-electron chi connectivity index (χ4n) is 9.11. The van der Waals surface area contributed by atoms with Gasteiger partial charge in [-0.3, -0.25) is 8.80 Å². The lowest BCUT2D eigenvalue weighted by molar-refractivity contribution is 0.00578. The van der Waals surface area contributed by atoms with E-state index >= 15 is 0 Å². The lowest BCUT2D eigenvalue weighted by Gasteiger charge is -2.32. The molecule has 3 aliphatic rings. The fourth-order valence-corrected chi connectivity index (χ4v) is 10.9. The number of anilines is 2. The van der Waals surface area contributed by atoms with E-state index in [2.05, 4.69) is 46.5 Å². The molecule has 2 N–H and O–H groups in total. The quantitative estimate of drug-likeness (QED) is 0.122. The van der Waals surface area contributed by atoms with Crippen LogP contribution in [0.1, 0.15) is 72.5 Å². The Morgan fingerprint density at radius 3 is 1.64 bits per heavy atom. The van der Waals surface area contributed by atoms with Gasteiger partial charge in [-0.15, -0.1) is 0 Å². The van der Waals surface area contributed by atoms with Gasteiger partial charge in [0, 0.05) is 78.7 Å². The van der Waals surface area contributed by atoms with Gasteiger partial charge < -0.3 is 29.4 Å². The van der Waals surface area contributed by atoms with Crippen molar-refractivity contribution in [3.8, 4) is 34.8 Å². The van der Waals surface area contributed by atoms with Gasteiger partial charge in [0.15, 0.2) is 42.4 Å². The van der Waals surface area contributed by atoms with E-state index in [-0.39, 0.29) is 41.0 Å². The molecule has 0 unspecified atom stereocenters. The Labute approximate surface area is 458 Å². The van der Waals surface area contributed by atoms with Gasteiger partial charge in [-0.1, -0.05) is 17.7 Å². The number of hydrogen-bond acceptors (Lipinski definition) is 16. The molecule has 402 valence electrons. The third-order valence-corrected chi connectivity index (χ3v) is 16.8. The highest BCUT2D eigenvalue weighted by Crippen LogP contribution is 2.38. The number of imidazole rings is 2. The van der Waals surface area contributed by atoms with E-state index in [4.69, 9.17) is 24.0 Å². The van der Waals surface area contributed by atoms with E-state index in [0.29, 0.717) is 81.1 Å². The van der Waals surface area contributed by atoms with E-state index < -0.39 is 38.0 Å². The van der Waals surface area contributed by atoms with Gasteiger partial charge in [0.2, 0.25) is 11.9 Å². The molecule has 78 heavy (non-hydrogen) atoms. The molecule has 0 radical (unpaired) electrons. The smallest absolute Gasteiger partial charge is 0.493 e. The van der Waals surface area contributed by atoms with E-state index in [0.717, 1.165) is 45.3 Å². The molecule has 3 aliphatic heterocycles. The average molecular weight is 1160 g/mol. The first-order valence-electron chi connectivity index (χ1n) is 24.4. The van der Waals surface area contributed by atoms with Crippen molar-refractivity contribution in [2.24, 2.45) is 0 Å². The molecule has 0 atom stereocenters. The number of nitrogens with zero attached hydrogens (tertiary/aromatic N) is 8. The molecule has 0 bridgehead atoms. The van der Waals surface area contributed by atoms with Crippen LogP contribution >= 0.6 is 15.9 Å². The standard InChI is InChI=1S/C24H20FN5O3S.C16H11BrFN5O.C14H21BO4S/c1-14-9-16(34(2,31)32)3-4-17(14)20-12-28-24(30-13-15(10-26)29-23(20)30)27-11-19-18-7-8-33-22(18)6-5-21(19)25;17-12-7-21-16(23-8-9(5-19)22-15(12)23)20-6-11-10-3-4-24-14(10)2-1-13(11)18;1-10-9-11(20(6,16)17)7-8-12(10)15-18-13(2,3)14(4,5)19-15/h3-6,9,12-13H,7-8,11H2,1-2H3,(H,27,28);1-2,7-8H,3-4,6H2,(H,20,21);7-9H,1-6H3. The summed E-state index contributed by atoms with van der Waals surface area (Å²) in [6.07, 6.45) is 10.1. The number of aromatic nitrogens is 6. The molecule has 1 saturated heterocycles. The summed E-state index contributed by atoms with van der Waals surface area (Å²) < 4.78 is 103. The first-order valence-corrected chi connectivity index (χ1v) is 29.0. The zero-order valence-corrected chi connectivity index (χ0v) is 46.9. The minimum absolute atomic E-state index is 0.183. The number of halogens is 3. The van der Waals surface area contributed by atoms with Crippen molar-refractivity contribution in [1.82, 2.24) is 28.7 Å². The topological polar surface area (TPSA) is 237 Å². The highest BCUT2D eigenvalue weighted by Gasteiger charge is 2.52. The Kier molecular flexibility index (Phi) is 15.2. The second-order valence-electron chi connectivity index (χ2n) is 19.8. The maximum absolute atomic E-state index is 14.5. The molecular weight excluding hydrogens is 1110 g/mol. The van der Waals surface area contributed by atoms with Gasteiger partial charge in [-0.05, 0) is 123 Å². The number of sulfone groups is 2. The molecule has 18 nitrogen and oxygen atoms in total. The third-order valence-electron chi connectivity index (χ3n) is 14.0. The maximum atomic E-state index is 14.5. The maximum Gasteiger partial charge on any atom is 0.495 e. The molecule has 0 spiro atoms. The predicted octanol–water partition coefficient (Wildman–Crippen LogP) is 8.41. The van der Waals surface area contributed by atoms with Gasteiger partial charge in [-0.2, -0.15) is 10.5 Å². The molecule has 4 aromatic carbocycles. The van der Waals surface area contributed by atoms with Crippen LogP contribution in [0, 0.1) is 48.1 Å². The van der Waals surface area contributed by atoms with Crippen LogP contribution in [0.25, 0.3) is 22.4 Å². The van der Waals surface area contributed by atoms with E-state index in [9.17, 15) is 30.9 Å². The fraction of sp³-hybridized carbons (Fsp3) is 0.296. The van der Waals surface area contributed by atoms with Crippen molar-refractivity contribution in [1.29, 1.82) is 10.5 Å². The average Bonchev–Trinajstić information content (AvgIpc) is 4.33. The number of nitrogens with one attached hydrogen (secondary N) is 2.